The zero-order valence-electron chi connectivity index (χ0n) is 22.2. The summed E-state index contributed by atoms with van der Waals surface area (Å²) in [6.07, 6.45) is 16.9. The van der Waals surface area contributed by atoms with E-state index in [2.05, 4.69) is 27.7 Å². The van der Waals surface area contributed by atoms with Crippen molar-refractivity contribution in [2.45, 2.75) is 117 Å². The number of ketones is 1. The highest BCUT2D eigenvalue weighted by Gasteiger charge is 2.61. The predicted molar refractivity (Wildman–Crippen MR) is 136 cm³/mol. The zero-order valence-corrected chi connectivity index (χ0v) is 22.2. The number of carbonyl (C=O) groups excluding carboxylic acids is 2. The Morgan fingerprint density at radius 3 is 2.53 bits per heavy atom. The molecule has 190 valence electrons. The molecule has 0 saturated heterocycles. The van der Waals surface area contributed by atoms with Gasteiger partial charge in [-0.05, 0) is 105 Å². The topological polar surface area (TPSA) is 43.4 Å². The van der Waals surface area contributed by atoms with Gasteiger partial charge in [0.15, 0.2) is 5.78 Å². The SMILES string of the molecule is CCCC[C@H]1CC[C@H](C(=O)O[C@H]2CC[C@H]3[C@H]4[C@H]([C@@H](C)C[C@]23C)[C@H]2CCC(=O)C=C2C[C@H]4C)CC1. The molecule has 0 aliphatic heterocycles. The predicted octanol–water partition coefficient (Wildman–Crippen LogP) is 7.53. The number of rotatable bonds is 5. The summed E-state index contributed by atoms with van der Waals surface area (Å²) in [5, 5.41) is 0. The van der Waals surface area contributed by atoms with Gasteiger partial charge in [-0.15, -0.1) is 0 Å². The van der Waals surface area contributed by atoms with Gasteiger partial charge in [-0.25, -0.2) is 0 Å². The molecule has 3 nitrogen and oxygen atoms in total. The lowest BCUT2D eigenvalue weighted by atomic mass is 9.47. The number of carbonyl (C=O) groups is 2. The van der Waals surface area contributed by atoms with Crippen molar-refractivity contribution in [2.75, 3.05) is 0 Å². The van der Waals surface area contributed by atoms with E-state index in [0.717, 1.165) is 44.4 Å². The lowest BCUT2D eigenvalue weighted by Crippen LogP contribution is -2.54. The lowest BCUT2D eigenvalue weighted by molar-refractivity contribution is -0.168. The van der Waals surface area contributed by atoms with Crippen molar-refractivity contribution in [3.8, 4) is 0 Å². The van der Waals surface area contributed by atoms with Crippen LogP contribution in [0.1, 0.15) is 111 Å². The van der Waals surface area contributed by atoms with E-state index in [1.807, 2.05) is 6.08 Å². The van der Waals surface area contributed by atoms with Gasteiger partial charge in [0.25, 0.3) is 0 Å². The Bertz CT molecular complexity index is 805. The van der Waals surface area contributed by atoms with Gasteiger partial charge in [-0.1, -0.05) is 52.5 Å². The molecule has 5 aliphatic carbocycles. The lowest BCUT2D eigenvalue weighted by Gasteiger charge is -2.58. The molecule has 0 aromatic carbocycles. The van der Waals surface area contributed by atoms with Gasteiger partial charge in [-0.3, -0.25) is 9.59 Å². The maximum absolute atomic E-state index is 13.3. The van der Waals surface area contributed by atoms with Crippen LogP contribution in [0.3, 0.4) is 0 Å². The summed E-state index contributed by atoms with van der Waals surface area (Å²) in [5.74, 6) is 5.36. The Balaban J connectivity index is 1.26. The van der Waals surface area contributed by atoms with Crippen molar-refractivity contribution >= 4 is 11.8 Å². The molecule has 4 saturated carbocycles. The normalized spacial score (nSPS) is 46.2. The number of allylic oxidation sites excluding steroid dienone is 1. The van der Waals surface area contributed by atoms with Gasteiger partial charge in [0, 0.05) is 11.8 Å². The Labute approximate surface area is 207 Å². The van der Waals surface area contributed by atoms with Gasteiger partial charge in [-0.2, -0.15) is 0 Å². The summed E-state index contributed by atoms with van der Waals surface area (Å²) in [4.78, 5) is 25.4. The van der Waals surface area contributed by atoms with Crippen LogP contribution in [0, 0.1) is 52.8 Å². The van der Waals surface area contributed by atoms with Gasteiger partial charge in [0.2, 0.25) is 0 Å². The first-order valence-corrected chi connectivity index (χ1v) is 14.8. The van der Waals surface area contributed by atoms with Crippen molar-refractivity contribution in [3.63, 3.8) is 0 Å². The fraction of sp³-hybridized carbons (Fsp3) is 0.871. The van der Waals surface area contributed by atoms with Crippen molar-refractivity contribution in [3.05, 3.63) is 11.6 Å². The summed E-state index contributed by atoms with van der Waals surface area (Å²) in [6, 6.07) is 0. The number of unbranched alkanes of at least 4 members (excludes halogenated alkanes) is 1. The first kappa shape index (κ1) is 24.6. The van der Waals surface area contributed by atoms with Gasteiger partial charge in [0.05, 0.1) is 5.92 Å². The maximum Gasteiger partial charge on any atom is 0.309 e. The Morgan fingerprint density at radius 1 is 1.03 bits per heavy atom. The summed E-state index contributed by atoms with van der Waals surface area (Å²) < 4.78 is 6.43. The second-order valence-electron chi connectivity index (χ2n) is 13.3. The largest absolute Gasteiger partial charge is 0.462 e. The van der Waals surface area contributed by atoms with Crippen molar-refractivity contribution in [2.24, 2.45) is 52.8 Å². The summed E-state index contributed by atoms with van der Waals surface area (Å²) >= 11 is 0. The smallest absolute Gasteiger partial charge is 0.309 e. The molecule has 3 heteroatoms. The average molecular weight is 469 g/mol. The number of fused-ring (bicyclic) bond motifs is 5. The van der Waals surface area contributed by atoms with Crippen LogP contribution >= 0.6 is 0 Å². The molecular weight excluding hydrogens is 420 g/mol. The van der Waals surface area contributed by atoms with Crippen LogP contribution in [0.2, 0.25) is 0 Å². The minimum absolute atomic E-state index is 0.100. The van der Waals surface area contributed by atoms with E-state index < -0.39 is 0 Å². The molecule has 0 aromatic heterocycles. The molecule has 4 fully saturated rings. The van der Waals surface area contributed by atoms with E-state index in [-0.39, 0.29) is 23.4 Å². The molecule has 0 aromatic rings. The minimum atomic E-state index is 0.100. The van der Waals surface area contributed by atoms with Crippen LogP contribution in [-0.2, 0) is 14.3 Å². The fourth-order valence-electron chi connectivity index (χ4n) is 9.70. The number of esters is 1. The highest BCUT2D eigenvalue weighted by atomic mass is 16.5. The van der Waals surface area contributed by atoms with Crippen molar-refractivity contribution in [1.82, 2.24) is 0 Å². The molecule has 5 rings (SSSR count). The van der Waals surface area contributed by atoms with E-state index in [9.17, 15) is 9.59 Å². The molecule has 8 atom stereocenters. The molecule has 0 unspecified atom stereocenters. The van der Waals surface area contributed by atoms with E-state index >= 15 is 0 Å². The molecule has 5 aliphatic rings. The number of hydrogen-bond donors (Lipinski definition) is 0. The third-order valence-electron chi connectivity index (χ3n) is 11.3. The Hall–Kier alpha value is -1.12. The number of hydrogen-bond acceptors (Lipinski definition) is 3. The monoisotopic (exact) mass is 468 g/mol. The number of ether oxygens (including phenoxy) is 1. The molecule has 0 bridgehead atoms. The first-order valence-electron chi connectivity index (χ1n) is 14.8. The molecular formula is C31H48O3. The van der Waals surface area contributed by atoms with Crippen molar-refractivity contribution < 1.29 is 14.3 Å². The van der Waals surface area contributed by atoms with Gasteiger partial charge in [0.1, 0.15) is 6.10 Å². The Kier molecular flexibility index (Phi) is 7.04. The molecule has 0 spiro atoms. The van der Waals surface area contributed by atoms with Crippen LogP contribution < -0.4 is 0 Å². The zero-order chi connectivity index (χ0) is 24.0. The Morgan fingerprint density at radius 2 is 1.79 bits per heavy atom. The second-order valence-corrected chi connectivity index (χ2v) is 13.3. The highest BCUT2D eigenvalue weighted by Crippen LogP contribution is 2.65. The van der Waals surface area contributed by atoms with Crippen LogP contribution in [0.4, 0.5) is 0 Å². The maximum atomic E-state index is 13.3. The van der Waals surface area contributed by atoms with Crippen LogP contribution in [0.25, 0.3) is 0 Å². The van der Waals surface area contributed by atoms with E-state index in [1.54, 1.807) is 0 Å². The van der Waals surface area contributed by atoms with E-state index in [0.29, 0.717) is 41.3 Å². The van der Waals surface area contributed by atoms with Gasteiger partial charge >= 0.3 is 5.97 Å². The quantitative estimate of drug-likeness (QED) is 0.392. The van der Waals surface area contributed by atoms with Crippen LogP contribution in [0.5, 0.6) is 0 Å². The third kappa shape index (κ3) is 4.32. The first-order chi connectivity index (χ1) is 16.3. The average Bonchev–Trinajstić information content (AvgIpc) is 3.12. The van der Waals surface area contributed by atoms with Crippen molar-refractivity contribution in [1.29, 1.82) is 0 Å². The molecule has 0 heterocycles. The van der Waals surface area contributed by atoms with Crippen LogP contribution in [0.15, 0.2) is 11.6 Å². The minimum Gasteiger partial charge on any atom is -0.462 e. The highest BCUT2D eigenvalue weighted by molar-refractivity contribution is 5.91. The molecule has 0 amide bonds. The second kappa shape index (κ2) is 9.74. The summed E-state index contributed by atoms with van der Waals surface area (Å²) in [6.45, 7) is 9.62. The standard InChI is InChI=1S/C31H48O3/c1-5-6-7-21-8-10-22(11-9-21)30(33)34-27-15-14-26-29-19(2)16-23-17-24(32)12-13-25(23)28(29)20(3)18-31(26,27)4/h17,19-22,25-29H,5-16,18H2,1-4H3/t19-,20+,21-,22-,25+,26+,27+,28-,29+,31+/m1/s1. The summed E-state index contributed by atoms with van der Waals surface area (Å²) in [5.41, 5.74) is 1.57. The van der Waals surface area contributed by atoms with Gasteiger partial charge < -0.3 is 4.74 Å². The van der Waals surface area contributed by atoms with E-state index in [1.165, 1.54) is 50.5 Å². The van der Waals surface area contributed by atoms with E-state index in [4.69, 9.17) is 4.74 Å². The van der Waals surface area contributed by atoms with Crippen LogP contribution in [-0.4, -0.2) is 17.9 Å². The molecule has 0 N–H and O–H groups in total. The summed E-state index contributed by atoms with van der Waals surface area (Å²) in [7, 11) is 0. The third-order valence-corrected chi connectivity index (χ3v) is 11.3. The molecule has 0 radical (unpaired) electrons. The molecule has 34 heavy (non-hydrogen) atoms. The fourth-order valence-corrected chi connectivity index (χ4v) is 9.70.